The maximum absolute atomic E-state index is 12.7. The fourth-order valence-corrected chi connectivity index (χ4v) is 5.99. The number of nitrogens with zero attached hydrogens (tertiary/aromatic N) is 3. The smallest absolute Gasteiger partial charge is 0.237 e. The standard InChI is InChI=1S/C20H26N4O3S2/c1-5-9-24-18(16-8-10-29(26,27)12-16)22-23-20(24)28-15(4)19(25)21-17-7-6-13(2)11-14(17)3/h5-7,11,15-16H,1,8-10,12H2,2-4H3,(H,21,25). The van der Waals surface area contributed by atoms with Crippen molar-refractivity contribution in [2.45, 2.75) is 50.1 Å². The minimum absolute atomic E-state index is 0.0929. The van der Waals surface area contributed by atoms with Crippen molar-refractivity contribution in [2.75, 3.05) is 16.8 Å². The number of sulfone groups is 1. The summed E-state index contributed by atoms with van der Waals surface area (Å²) >= 11 is 1.31. The van der Waals surface area contributed by atoms with Crippen LogP contribution in [0, 0.1) is 13.8 Å². The first-order valence-electron chi connectivity index (χ1n) is 9.49. The molecule has 0 aliphatic carbocycles. The maximum Gasteiger partial charge on any atom is 0.237 e. The number of aromatic nitrogens is 3. The molecule has 9 heteroatoms. The van der Waals surface area contributed by atoms with Crippen LogP contribution in [0.15, 0.2) is 36.0 Å². The quantitative estimate of drug-likeness (QED) is 0.532. The third kappa shape index (κ3) is 5.08. The molecule has 0 radical (unpaired) electrons. The van der Waals surface area contributed by atoms with Gasteiger partial charge in [0.05, 0.1) is 16.8 Å². The van der Waals surface area contributed by atoms with Gasteiger partial charge in [0.15, 0.2) is 15.0 Å². The Morgan fingerprint density at radius 2 is 2.17 bits per heavy atom. The topological polar surface area (TPSA) is 93.9 Å². The van der Waals surface area contributed by atoms with E-state index in [1.54, 1.807) is 6.08 Å². The number of allylic oxidation sites excluding steroid dienone is 1. The molecule has 2 atom stereocenters. The van der Waals surface area contributed by atoms with Crippen LogP contribution < -0.4 is 5.32 Å². The van der Waals surface area contributed by atoms with Crippen molar-refractivity contribution in [3.63, 3.8) is 0 Å². The molecule has 0 saturated carbocycles. The van der Waals surface area contributed by atoms with Gasteiger partial charge in [0.2, 0.25) is 5.91 Å². The summed E-state index contributed by atoms with van der Waals surface area (Å²) in [6, 6.07) is 5.89. The highest BCUT2D eigenvalue weighted by Crippen LogP contribution is 2.31. The van der Waals surface area contributed by atoms with Crippen molar-refractivity contribution < 1.29 is 13.2 Å². The molecule has 1 saturated heterocycles. The molecular weight excluding hydrogens is 408 g/mol. The van der Waals surface area contributed by atoms with Gasteiger partial charge in [0.1, 0.15) is 5.82 Å². The molecule has 0 bridgehead atoms. The number of nitrogens with one attached hydrogen (secondary N) is 1. The van der Waals surface area contributed by atoms with E-state index in [4.69, 9.17) is 0 Å². The van der Waals surface area contributed by atoms with Crippen LogP contribution in [0.1, 0.15) is 36.2 Å². The lowest BCUT2D eigenvalue weighted by Crippen LogP contribution is -2.23. The van der Waals surface area contributed by atoms with Crippen LogP contribution in [0.4, 0.5) is 5.69 Å². The number of rotatable bonds is 7. The summed E-state index contributed by atoms with van der Waals surface area (Å²) in [5.41, 5.74) is 2.94. The predicted octanol–water partition coefficient (Wildman–Crippen LogP) is 3.10. The van der Waals surface area contributed by atoms with E-state index in [0.717, 1.165) is 16.8 Å². The van der Waals surface area contributed by atoms with Gasteiger partial charge in [-0.05, 0) is 38.8 Å². The lowest BCUT2D eigenvalue weighted by atomic mass is 10.1. The number of anilines is 1. The first kappa shape index (κ1) is 21.6. The zero-order valence-corrected chi connectivity index (χ0v) is 18.5. The number of thioether (sulfide) groups is 1. The van der Waals surface area contributed by atoms with E-state index in [9.17, 15) is 13.2 Å². The fraction of sp³-hybridized carbons (Fsp3) is 0.450. The fourth-order valence-electron chi connectivity index (χ4n) is 3.39. The first-order chi connectivity index (χ1) is 13.7. The Bertz CT molecular complexity index is 1030. The molecule has 29 heavy (non-hydrogen) atoms. The lowest BCUT2D eigenvalue weighted by Gasteiger charge is -2.15. The van der Waals surface area contributed by atoms with Gasteiger partial charge in [0, 0.05) is 18.2 Å². The number of hydrogen-bond acceptors (Lipinski definition) is 6. The molecule has 156 valence electrons. The molecule has 1 fully saturated rings. The number of aryl methyl sites for hydroxylation is 2. The third-order valence-electron chi connectivity index (χ3n) is 4.95. The van der Waals surface area contributed by atoms with Crippen LogP contribution in [-0.4, -0.2) is 45.8 Å². The van der Waals surface area contributed by atoms with E-state index in [2.05, 4.69) is 22.1 Å². The highest BCUT2D eigenvalue weighted by molar-refractivity contribution is 8.00. The molecule has 2 aromatic rings. The second-order valence-electron chi connectivity index (χ2n) is 7.41. The highest BCUT2D eigenvalue weighted by Gasteiger charge is 2.33. The molecule has 2 heterocycles. The van der Waals surface area contributed by atoms with E-state index >= 15 is 0 Å². The van der Waals surface area contributed by atoms with Crippen LogP contribution in [0.3, 0.4) is 0 Å². The van der Waals surface area contributed by atoms with Gasteiger partial charge in [-0.15, -0.1) is 16.8 Å². The Hall–Kier alpha value is -2.13. The zero-order chi connectivity index (χ0) is 21.2. The Morgan fingerprint density at radius 3 is 2.79 bits per heavy atom. The van der Waals surface area contributed by atoms with Gasteiger partial charge < -0.3 is 9.88 Å². The normalized spacial score (nSPS) is 19.1. The second-order valence-corrected chi connectivity index (χ2v) is 10.9. The molecule has 1 aromatic carbocycles. The Morgan fingerprint density at radius 1 is 1.41 bits per heavy atom. The van der Waals surface area contributed by atoms with Crippen molar-refractivity contribution in [3.05, 3.63) is 47.8 Å². The SMILES string of the molecule is C=CCn1c(SC(C)C(=O)Nc2ccc(C)cc2C)nnc1C1CCS(=O)(=O)C1. The van der Waals surface area contributed by atoms with Gasteiger partial charge in [-0.25, -0.2) is 8.42 Å². The maximum atomic E-state index is 12.7. The summed E-state index contributed by atoms with van der Waals surface area (Å²) in [6.07, 6.45) is 2.27. The van der Waals surface area contributed by atoms with Crippen LogP contribution in [0.2, 0.25) is 0 Å². The summed E-state index contributed by atoms with van der Waals surface area (Å²) in [5.74, 6) is 0.627. The Balaban J connectivity index is 1.75. The van der Waals surface area contributed by atoms with E-state index in [0.29, 0.717) is 23.9 Å². The average Bonchev–Trinajstić information content (AvgIpc) is 3.20. The molecule has 0 spiro atoms. The van der Waals surface area contributed by atoms with Crippen molar-refractivity contribution in [3.8, 4) is 0 Å². The molecule has 3 rings (SSSR count). The molecule has 1 N–H and O–H groups in total. The number of hydrogen-bond donors (Lipinski definition) is 1. The summed E-state index contributed by atoms with van der Waals surface area (Å²) in [5, 5.41) is 11.6. The van der Waals surface area contributed by atoms with Crippen molar-refractivity contribution >= 4 is 33.2 Å². The molecule has 1 aromatic heterocycles. The molecule has 1 amide bonds. The molecule has 2 unspecified atom stereocenters. The third-order valence-corrected chi connectivity index (χ3v) is 7.79. The van der Waals surface area contributed by atoms with Crippen LogP contribution >= 0.6 is 11.8 Å². The molecule has 1 aliphatic rings. The van der Waals surface area contributed by atoms with Gasteiger partial charge in [-0.3, -0.25) is 4.79 Å². The number of benzene rings is 1. The lowest BCUT2D eigenvalue weighted by molar-refractivity contribution is -0.115. The van der Waals surface area contributed by atoms with Gasteiger partial charge >= 0.3 is 0 Å². The summed E-state index contributed by atoms with van der Waals surface area (Å²) in [6.45, 7) is 10.0. The summed E-state index contributed by atoms with van der Waals surface area (Å²) in [7, 11) is -3.02. The minimum Gasteiger partial charge on any atom is -0.325 e. The van der Waals surface area contributed by atoms with Crippen molar-refractivity contribution in [2.24, 2.45) is 0 Å². The van der Waals surface area contributed by atoms with Gasteiger partial charge in [-0.1, -0.05) is 35.5 Å². The summed E-state index contributed by atoms with van der Waals surface area (Å²) < 4.78 is 25.6. The van der Waals surface area contributed by atoms with Gasteiger partial charge in [-0.2, -0.15) is 0 Å². The minimum atomic E-state index is -3.02. The number of carbonyl (C=O) groups excluding carboxylic acids is 1. The van der Waals surface area contributed by atoms with E-state index in [-0.39, 0.29) is 23.3 Å². The largest absolute Gasteiger partial charge is 0.325 e. The number of carbonyl (C=O) groups is 1. The first-order valence-corrected chi connectivity index (χ1v) is 12.2. The molecular formula is C20H26N4O3S2. The zero-order valence-electron chi connectivity index (χ0n) is 16.9. The van der Waals surface area contributed by atoms with E-state index in [1.165, 1.54) is 11.8 Å². The average molecular weight is 435 g/mol. The predicted molar refractivity (Wildman–Crippen MR) is 116 cm³/mol. The van der Waals surface area contributed by atoms with Crippen LogP contribution in [0.5, 0.6) is 0 Å². The van der Waals surface area contributed by atoms with Crippen molar-refractivity contribution in [1.82, 2.24) is 14.8 Å². The highest BCUT2D eigenvalue weighted by atomic mass is 32.2. The monoisotopic (exact) mass is 434 g/mol. The number of amides is 1. The van der Waals surface area contributed by atoms with Crippen LogP contribution in [0.25, 0.3) is 0 Å². The Kier molecular flexibility index (Phi) is 6.48. The second kappa shape index (κ2) is 8.71. The molecule has 1 aliphatic heterocycles. The van der Waals surface area contributed by atoms with Crippen LogP contribution in [-0.2, 0) is 21.2 Å². The molecule has 7 nitrogen and oxygen atoms in total. The van der Waals surface area contributed by atoms with E-state index < -0.39 is 15.1 Å². The summed E-state index contributed by atoms with van der Waals surface area (Å²) in [4.78, 5) is 12.7. The Labute approximate surface area is 175 Å². The van der Waals surface area contributed by atoms with E-state index in [1.807, 2.05) is 43.5 Å². The van der Waals surface area contributed by atoms with Crippen molar-refractivity contribution in [1.29, 1.82) is 0 Å². The van der Waals surface area contributed by atoms with Gasteiger partial charge in [0.25, 0.3) is 0 Å².